The first-order chi connectivity index (χ1) is 5.24. The molecule has 0 aliphatic heterocycles. The van der Waals surface area contributed by atoms with Crippen LogP contribution in [0.1, 0.15) is 0 Å². The molecule has 0 saturated heterocycles. The first kappa shape index (κ1) is 7.54. The monoisotopic (exact) mass is 147 g/mol. The Hall–Kier alpha value is -1.57. The number of aromatic amines is 1. The number of aromatic nitrogens is 1. The van der Waals surface area contributed by atoms with Gasteiger partial charge in [-0.1, -0.05) is 19.2 Å². The maximum absolute atomic E-state index is 10.8. The first-order valence-corrected chi connectivity index (χ1v) is 3.25. The molecule has 0 aliphatic rings. The SMILES string of the molecule is C=C/C=c1/[nH]c(=O)ccc1=C. The molecule has 0 spiro atoms. The summed E-state index contributed by atoms with van der Waals surface area (Å²) in [5.74, 6) is 0. The Morgan fingerprint density at radius 3 is 2.82 bits per heavy atom. The molecule has 0 bridgehead atoms. The van der Waals surface area contributed by atoms with Gasteiger partial charge in [0.1, 0.15) is 0 Å². The zero-order valence-electron chi connectivity index (χ0n) is 6.13. The molecule has 1 aromatic rings. The summed E-state index contributed by atoms with van der Waals surface area (Å²) in [5.41, 5.74) is -0.120. The molecule has 2 heteroatoms. The van der Waals surface area contributed by atoms with Gasteiger partial charge in [0, 0.05) is 11.4 Å². The summed E-state index contributed by atoms with van der Waals surface area (Å²) in [6.07, 6.45) is 3.32. The Kier molecular flexibility index (Phi) is 2.06. The Balaban J connectivity index is 3.60. The molecule has 56 valence electrons. The molecule has 0 fully saturated rings. The van der Waals surface area contributed by atoms with Crippen LogP contribution in [0, 0.1) is 0 Å². The van der Waals surface area contributed by atoms with Crippen LogP contribution in [0.4, 0.5) is 0 Å². The fraction of sp³-hybridized carbons (Fsp3) is 0. The van der Waals surface area contributed by atoms with Crippen LogP contribution in [0.15, 0.2) is 29.6 Å². The van der Waals surface area contributed by atoms with E-state index in [2.05, 4.69) is 18.1 Å². The second kappa shape index (κ2) is 3.01. The zero-order chi connectivity index (χ0) is 8.27. The minimum absolute atomic E-state index is 0.120. The number of allylic oxidation sites excluding steroid dienone is 1. The number of rotatable bonds is 1. The predicted octanol–water partition coefficient (Wildman–Crippen LogP) is -0.248. The van der Waals surface area contributed by atoms with Gasteiger partial charge in [0.2, 0.25) is 5.56 Å². The van der Waals surface area contributed by atoms with Gasteiger partial charge in [0.25, 0.3) is 0 Å². The highest BCUT2D eigenvalue weighted by Gasteiger charge is 1.81. The standard InChI is InChI=1S/C9H9NO/c1-3-4-8-7(2)5-6-9(11)10-8/h3-6H,1-2H2,(H,10,11)/b8-4+. The van der Waals surface area contributed by atoms with Crippen LogP contribution in [0.25, 0.3) is 12.7 Å². The van der Waals surface area contributed by atoms with E-state index in [0.29, 0.717) is 5.35 Å². The maximum atomic E-state index is 10.8. The predicted molar refractivity (Wildman–Crippen MR) is 46.5 cm³/mol. The van der Waals surface area contributed by atoms with Crippen molar-refractivity contribution in [3.05, 3.63) is 45.7 Å². The molecule has 1 rings (SSSR count). The van der Waals surface area contributed by atoms with Gasteiger partial charge in [-0.2, -0.15) is 0 Å². The molecule has 1 aromatic heterocycles. The van der Waals surface area contributed by atoms with Gasteiger partial charge in [-0.15, -0.1) is 0 Å². The summed E-state index contributed by atoms with van der Waals surface area (Å²) in [5, 5.41) is 1.51. The van der Waals surface area contributed by atoms with Crippen molar-refractivity contribution in [2.45, 2.75) is 0 Å². The third-order valence-electron chi connectivity index (χ3n) is 1.32. The van der Waals surface area contributed by atoms with Crippen LogP contribution in [0.5, 0.6) is 0 Å². The van der Waals surface area contributed by atoms with Gasteiger partial charge in [0.15, 0.2) is 0 Å². The van der Waals surface area contributed by atoms with E-state index >= 15 is 0 Å². The molecule has 11 heavy (non-hydrogen) atoms. The molecule has 0 saturated carbocycles. The summed E-state index contributed by atoms with van der Waals surface area (Å²) < 4.78 is 0. The van der Waals surface area contributed by atoms with Crippen molar-refractivity contribution in [2.24, 2.45) is 0 Å². The van der Waals surface area contributed by atoms with E-state index in [9.17, 15) is 4.79 Å². The van der Waals surface area contributed by atoms with Gasteiger partial charge in [-0.3, -0.25) is 4.79 Å². The van der Waals surface area contributed by atoms with Gasteiger partial charge < -0.3 is 4.98 Å². The lowest BCUT2D eigenvalue weighted by molar-refractivity contribution is 1.16. The van der Waals surface area contributed by atoms with E-state index in [4.69, 9.17) is 0 Å². The Morgan fingerprint density at radius 1 is 1.45 bits per heavy atom. The molecule has 0 amide bonds. The third-order valence-corrected chi connectivity index (χ3v) is 1.32. The van der Waals surface area contributed by atoms with Crippen LogP contribution in [-0.2, 0) is 0 Å². The third kappa shape index (κ3) is 1.67. The summed E-state index contributed by atoms with van der Waals surface area (Å²) >= 11 is 0. The Morgan fingerprint density at radius 2 is 2.18 bits per heavy atom. The number of hydrogen-bond donors (Lipinski definition) is 1. The quantitative estimate of drug-likeness (QED) is 0.584. The van der Waals surface area contributed by atoms with E-state index in [1.54, 1.807) is 18.2 Å². The van der Waals surface area contributed by atoms with E-state index in [1.807, 2.05) is 0 Å². The van der Waals surface area contributed by atoms with Crippen LogP contribution < -0.4 is 16.1 Å². The second-order valence-electron chi connectivity index (χ2n) is 2.16. The lowest BCUT2D eigenvalue weighted by Crippen LogP contribution is -2.32. The highest BCUT2D eigenvalue weighted by molar-refractivity contribution is 5.33. The van der Waals surface area contributed by atoms with Gasteiger partial charge >= 0.3 is 0 Å². The number of pyridine rings is 1. The van der Waals surface area contributed by atoms with Crippen LogP contribution in [-0.4, -0.2) is 4.98 Å². The van der Waals surface area contributed by atoms with E-state index in [1.165, 1.54) is 6.07 Å². The lowest BCUT2D eigenvalue weighted by Gasteiger charge is -1.85. The summed E-state index contributed by atoms with van der Waals surface area (Å²) in [6, 6.07) is 3.12. The highest BCUT2D eigenvalue weighted by Crippen LogP contribution is 1.60. The maximum Gasteiger partial charge on any atom is 0.248 e. The summed E-state index contributed by atoms with van der Waals surface area (Å²) in [7, 11) is 0. The lowest BCUT2D eigenvalue weighted by atomic mass is 10.3. The van der Waals surface area contributed by atoms with Crippen molar-refractivity contribution < 1.29 is 0 Å². The van der Waals surface area contributed by atoms with Crippen molar-refractivity contribution in [1.82, 2.24) is 4.98 Å². The second-order valence-corrected chi connectivity index (χ2v) is 2.16. The van der Waals surface area contributed by atoms with Crippen LogP contribution in [0.2, 0.25) is 0 Å². The molecule has 0 aliphatic carbocycles. The first-order valence-electron chi connectivity index (χ1n) is 3.25. The molecule has 1 N–H and O–H groups in total. The minimum atomic E-state index is -0.120. The summed E-state index contributed by atoms with van der Waals surface area (Å²) in [6.45, 7) is 7.25. The van der Waals surface area contributed by atoms with Gasteiger partial charge in [0.05, 0.1) is 0 Å². The smallest absolute Gasteiger partial charge is 0.248 e. The van der Waals surface area contributed by atoms with Gasteiger partial charge in [-0.05, 0) is 17.4 Å². The summed E-state index contributed by atoms with van der Waals surface area (Å²) in [4.78, 5) is 13.4. The van der Waals surface area contributed by atoms with Crippen molar-refractivity contribution in [1.29, 1.82) is 0 Å². The van der Waals surface area contributed by atoms with Crippen molar-refractivity contribution in [2.75, 3.05) is 0 Å². The minimum Gasteiger partial charge on any atom is -0.322 e. The molecule has 1 heterocycles. The average Bonchev–Trinajstić information content (AvgIpc) is 1.98. The van der Waals surface area contributed by atoms with Crippen molar-refractivity contribution in [3.63, 3.8) is 0 Å². The average molecular weight is 147 g/mol. The largest absolute Gasteiger partial charge is 0.322 e. The molecule has 0 aromatic carbocycles. The Bertz CT molecular complexity index is 414. The molecular weight excluding hydrogens is 138 g/mol. The molecule has 2 nitrogen and oxygen atoms in total. The van der Waals surface area contributed by atoms with E-state index in [0.717, 1.165) is 5.22 Å². The van der Waals surface area contributed by atoms with E-state index < -0.39 is 0 Å². The highest BCUT2D eigenvalue weighted by atomic mass is 16.1. The number of nitrogens with one attached hydrogen (secondary N) is 1. The van der Waals surface area contributed by atoms with E-state index in [-0.39, 0.29) is 5.56 Å². The Labute approximate surface area is 64.2 Å². The number of H-pyrrole nitrogens is 1. The fourth-order valence-corrected chi connectivity index (χ4v) is 0.787. The zero-order valence-corrected chi connectivity index (χ0v) is 6.13. The number of hydrogen-bond acceptors (Lipinski definition) is 1. The van der Waals surface area contributed by atoms with Crippen molar-refractivity contribution >= 4 is 12.7 Å². The van der Waals surface area contributed by atoms with Crippen molar-refractivity contribution in [3.8, 4) is 0 Å². The topological polar surface area (TPSA) is 32.9 Å². The molecular formula is C9H9NO. The molecule has 0 atom stereocenters. The molecule has 0 unspecified atom stereocenters. The normalized spacial score (nSPS) is 11.5. The van der Waals surface area contributed by atoms with Crippen LogP contribution in [0.3, 0.4) is 0 Å². The van der Waals surface area contributed by atoms with Gasteiger partial charge in [-0.25, -0.2) is 0 Å². The van der Waals surface area contributed by atoms with Crippen LogP contribution >= 0.6 is 0 Å². The molecule has 0 radical (unpaired) electrons. The fourth-order valence-electron chi connectivity index (χ4n) is 0.787.